The van der Waals surface area contributed by atoms with Gasteiger partial charge in [0.1, 0.15) is 12.4 Å². The second kappa shape index (κ2) is 8.36. The molecule has 4 nitrogen and oxygen atoms in total. The highest BCUT2D eigenvalue weighted by molar-refractivity contribution is 6.33. The van der Waals surface area contributed by atoms with E-state index in [4.69, 9.17) is 16.3 Å². The summed E-state index contributed by atoms with van der Waals surface area (Å²) in [6.07, 6.45) is 5.29. The summed E-state index contributed by atoms with van der Waals surface area (Å²) in [6.45, 7) is 2.61. The molecular formula is C27H24ClNO3. The molecule has 5 rings (SSSR count). The van der Waals surface area contributed by atoms with E-state index in [1.165, 1.54) is 11.6 Å². The summed E-state index contributed by atoms with van der Waals surface area (Å²) in [7, 11) is 0. The fraction of sp³-hybridized carbons (Fsp3) is 0.222. The van der Waals surface area contributed by atoms with Crippen LogP contribution in [-0.4, -0.2) is 11.1 Å². The monoisotopic (exact) mass is 445 g/mol. The Balaban J connectivity index is 1.37. The van der Waals surface area contributed by atoms with Gasteiger partial charge >= 0.3 is 5.97 Å². The van der Waals surface area contributed by atoms with Crippen molar-refractivity contribution in [3.63, 3.8) is 0 Å². The molecule has 162 valence electrons. The van der Waals surface area contributed by atoms with Gasteiger partial charge in [-0.3, -0.25) is 0 Å². The third-order valence-corrected chi connectivity index (χ3v) is 6.73. The number of aryl methyl sites for hydroxylation is 1. The first-order valence-electron chi connectivity index (χ1n) is 10.8. The highest BCUT2D eigenvalue weighted by Gasteiger charge is 2.39. The average Bonchev–Trinajstić information content (AvgIpc) is 3.29. The van der Waals surface area contributed by atoms with Crippen molar-refractivity contribution in [3.8, 4) is 5.75 Å². The maximum Gasteiger partial charge on any atom is 0.335 e. The van der Waals surface area contributed by atoms with Crippen LogP contribution in [0, 0.1) is 12.8 Å². The zero-order valence-corrected chi connectivity index (χ0v) is 18.5. The summed E-state index contributed by atoms with van der Waals surface area (Å²) >= 11 is 6.50. The van der Waals surface area contributed by atoms with Gasteiger partial charge in [0.2, 0.25) is 0 Å². The van der Waals surface area contributed by atoms with Crippen molar-refractivity contribution in [3.05, 3.63) is 106 Å². The Labute approximate surface area is 192 Å². The number of fused-ring (bicyclic) bond motifs is 3. The fourth-order valence-corrected chi connectivity index (χ4v) is 5.01. The Morgan fingerprint density at radius 3 is 2.59 bits per heavy atom. The van der Waals surface area contributed by atoms with Crippen LogP contribution in [0.25, 0.3) is 0 Å². The molecule has 0 bridgehead atoms. The van der Waals surface area contributed by atoms with E-state index in [0.29, 0.717) is 17.5 Å². The van der Waals surface area contributed by atoms with Crippen LogP contribution in [0.15, 0.2) is 72.8 Å². The molecule has 32 heavy (non-hydrogen) atoms. The molecule has 1 heterocycles. The minimum Gasteiger partial charge on any atom is -0.489 e. The standard InChI is InChI=1S/C27H24ClNO3/c1-16-5-7-17(8-6-16)15-32-20-11-9-18(10-12-20)25-22-4-2-3-21(22)23-13-19(27(30)31)14-24(28)26(23)29-25/h2-3,5-14,21-22,25,29H,4,15H2,1H3,(H,30,31)/t21-,22+,25+/m1/s1. The molecule has 1 aliphatic carbocycles. The smallest absolute Gasteiger partial charge is 0.335 e. The molecular weight excluding hydrogens is 422 g/mol. The molecule has 0 amide bonds. The topological polar surface area (TPSA) is 58.6 Å². The Morgan fingerprint density at radius 1 is 1.12 bits per heavy atom. The summed E-state index contributed by atoms with van der Waals surface area (Å²) in [5.74, 6) is 0.319. The summed E-state index contributed by atoms with van der Waals surface area (Å²) in [6, 6.07) is 19.9. The number of benzene rings is 3. The Morgan fingerprint density at radius 2 is 1.88 bits per heavy atom. The zero-order valence-electron chi connectivity index (χ0n) is 17.7. The largest absolute Gasteiger partial charge is 0.489 e. The molecule has 0 saturated heterocycles. The minimum atomic E-state index is -0.962. The van der Waals surface area contributed by atoms with Crippen LogP contribution < -0.4 is 10.1 Å². The Kier molecular flexibility index (Phi) is 5.40. The van der Waals surface area contributed by atoms with E-state index in [1.807, 2.05) is 12.1 Å². The van der Waals surface area contributed by atoms with Crippen molar-refractivity contribution in [2.45, 2.75) is 31.9 Å². The highest BCUT2D eigenvalue weighted by Crippen LogP contribution is 2.51. The molecule has 0 saturated carbocycles. The lowest BCUT2D eigenvalue weighted by atomic mass is 9.76. The molecule has 5 heteroatoms. The molecule has 3 aromatic rings. The number of hydrogen-bond acceptors (Lipinski definition) is 3. The Bertz CT molecular complexity index is 1180. The van der Waals surface area contributed by atoms with Crippen molar-refractivity contribution in [2.75, 3.05) is 5.32 Å². The van der Waals surface area contributed by atoms with Gasteiger partial charge in [-0.15, -0.1) is 0 Å². The molecule has 0 unspecified atom stereocenters. The van der Waals surface area contributed by atoms with E-state index in [0.717, 1.165) is 34.5 Å². The first-order valence-corrected chi connectivity index (χ1v) is 11.2. The summed E-state index contributed by atoms with van der Waals surface area (Å²) in [5.41, 5.74) is 5.55. The van der Waals surface area contributed by atoms with E-state index < -0.39 is 5.97 Å². The van der Waals surface area contributed by atoms with E-state index in [9.17, 15) is 9.90 Å². The lowest BCUT2D eigenvalue weighted by Crippen LogP contribution is -2.29. The van der Waals surface area contributed by atoms with Crippen LogP contribution in [0.4, 0.5) is 5.69 Å². The number of rotatable bonds is 5. The number of anilines is 1. The number of nitrogens with one attached hydrogen (secondary N) is 1. The van der Waals surface area contributed by atoms with Crippen molar-refractivity contribution >= 4 is 23.3 Å². The van der Waals surface area contributed by atoms with Gasteiger partial charge in [0.15, 0.2) is 0 Å². The number of aromatic carboxylic acids is 1. The summed E-state index contributed by atoms with van der Waals surface area (Å²) in [4.78, 5) is 11.5. The molecule has 0 fully saturated rings. The zero-order chi connectivity index (χ0) is 22.2. The predicted molar refractivity (Wildman–Crippen MR) is 127 cm³/mol. The molecule has 3 atom stereocenters. The van der Waals surface area contributed by atoms with E-state index in [-0.39, 0.29) is 17.5 Å². The number of carboxylic acid groups (broad SMARTS) is 1. The van der Waals surface area contributed by atoms with E-state index in [2.05, 4.69) is 60.8 Å². The third kappa shape index (κ3) is 3.87. The van der Waals surface area contributed by atoms with Crippen LogP contribution in [0.5, 0.6) is 5.75 Å². The number of halogens is 1. The van der Waals surface area contributed by atoms with Crippen LogP contribution >= 0.6 is 11.6 Å². The predicted octanol–water partition coefficient (Wildman–Crippen LogP) is 6.75. The number of allylic oxidation sites excluding steroid dienone is 2. The first-order chi connectivity index (χ1) is 15.5. The van der Waals surface area contributed by atoms with Gasteiger partial charge < -0.3 is 15.2 Å². The first kappa shape index (κ1) is 20.7. The molecule has 0 aromatic heterocycles. The van der Waals surface area contributed by atoms with Gasteiger partial charge in [0.05, 0.1) is 22.3 Å². The minimum absolute atomic E-state index is 0.0850. The average molecular weight is 446 g/mol. The highest BCUT2D eigenvalue weighted by atomic mass is 35.5. The van der Waals surface area contributed by atoms with Crippen LogP contribution in [-0.2, 0) is 6.61 Å². The van der Waals surface area contributed by atoms with Crippen LogP contribution in [0.3, 0.4) is 0 Å². The van der Waals surface area contributed by atoms with Crippen molar-refractivity contribution in [1.29, 1.82) is 0 Å². The number of ether oxygens (including phenoxy) is 1. The van der Waals surface area contributed by atoms with Gasteiger partial charge in [-0.25, -0.2) is 4.79 Å². The van der Waals surface area contributed by atoms with Crippen molar-refractivity contribution in [1.82, 2.24) is 0 Å². The number of carboxylic acids is 1. The quantitative estimate of drug-likeness (QED) is 0.426. The van der Waals surface area contributed by atoms with Gasteiger partial charge in [-0.1, -0.05) is 65.7 Å². The SMILES string of the molecule is Cc1ccc(COc2ccc([C@@H]3Nc4c(Cl)cc(C(=O)O)cc4[C@@H]4C=CC[C@@H]43)cc2)cc1. The normalized spacial score (nSPS) is 20.9. The molecule has 1 aliphatic heterocycles. The van der Waals surface area contributed by atoms with E-state index >= 15 is 0 Å². The van der Waals surface area contributed by atoms with Gasteiger partial charge in [-0.2, -0.15) is 0 Å². The van der Waals surface area contributed by atoms with Crippen LogP contribution in [0.1, 0.15) is 51.0 Å². The second-order valence-corrected chi connectivity index (χ2v) is 8.95. The molecule has 2 N–H and O–H groups in total. The van der Waals surface area contributed by atoms with Crippen LogP contribution in [0.2, 0.25) is 5.02 Å². The fourth-order valence-electron chi connectivity index (χ4n) is 4.73. The third-order valence-electron chi connectivity index (χ3n) is 6.43. The summed E-state index contributed by atoms with van der Waals surface area (Å²) in [5, 5.41) is 13.5. The number of hydrogen-bond donors (Lipinski definition) is 2. The maximum absolute atomic E-state index is 11.5. The molecule has 0 radical (unpaired) electrons. The second-order valence-electron chi connectivity index (χ2n) is 8.55. The molecule has 3 aromatic carbocycles. The molecule has 2 aliphatic rings. The summed E-state index contributed by atoms with van der Waals surface area (Å²) < 4.78 is 5.96. The van der Waals surface area contributed by atoms with Gasteiger partial charge in [0.25, 0.3) is 0 Å². The van der Waals surface area contributed by atoms with Crippen molar-refractivity contribution < 1.29 is 14.6 Å². The Hall–Kier alpha value is -3.24. The lowest BCUT2D eigenvalue weighted by molar-refractivity contribution is 0.0696. The van der Waals surface area contributed by atoms with Crippen molar-refractivity contribution in [2.24, 2.45) is 5.92 Å². The lowest BCUT2D eigenvalue weighted by Gasteiger charge is -2.38. The van der Waals surface area contributed by atoms with E-state index in [1.54, 1.807) is 6.07 Å². The van der Waals surface area contributed by atoms with Gasteiger partial charge in [0, 0.05) is 5.92 Å². The maximum atomic E-state index is 11.5. The number of carbonyl (C=O) groups is 1. The molecule has 0 spiro atoms. The van der Waals surface area contributed by atoms with Gasteiger partial charge in [-0.05, 0) is 60.2 Å².